The summed E-state index contributed by atoms with van der Waals surface area (Å²) in [4.78, 5) is 25.9. The monoisotopic (exact) mass is 289 g/mol. The Morgan fingerprint density at radius 1 is 1.38 bits per heavy atom. The van der Waals surface area contributed by atoms with E-state index in [0.717, 1.165) is 13.0 Å². The topological polar surface area (TPSA) is 84.7 Å². The highest BCUT2D eigenvalue weighted by Gasteiger charge is 2.38. The van der Waals surface area contributed by atoms with Crippen molar-refractivity contribution in [2.24, 2.45) is 11.7 Å². The van der Waals surface area contributed by atoms with Gasteiger partial charge < -0.3 is 20.7 Å². The molecule has 0 bridgehead atoms. The van der Waals surface area contributed by atoms with Crippen LogP contribution in [0, 0.1) is 5.92 Å². The number of benzene rings is 1. The molecule has 112 valence electrons. The lowest BCUT2D eigenvalue weighted by Crippen LogP contribution is -2.51. The van der Waals surface area contributed by atoms with Crippen molar-refractivity contribution in [1.82, 2.24) is 5.32 Å². The molecule has 1 fully saturated rings. The van der Waals surface area contributed by atoms with Crippen molar-refractivity contribution in [2.75, 3.05) is 18.0 Å². The van der Waals surface area contributed by atoms with Crippen molar-refractivity contribution >= 4 is 17.5 Å². The molecule has 0 aromatic heterocycles. The van der Waals surface area contributed by atoms with Gasteiger partial charge in [-0.05, 0) is 32.0 Å². The SMILES string of the molecule is CC1NCCC1C(=O)N1CC(C(N)=O)Oc2ccccc21. The van der Waals surface area contributed by atoms with Gasteiger partial charge in [0, 0.05) is 6.04 Å². The number of anilines is 1. The summed E-state index contributed by atoms with van der Waals surface area (Å²) in [5, 5.41) is 3.28. The van der Waals surface area contributed by atoms with Gasteiger partial charge in [0.2, 0.25) is 5.91 Å². The van der Waals surface area contributed by atoms with E-state index in [9.17, 15) is 9.59 Å². The van der Waals surface area contributed by atoms with Crippen LogP contribution in [-0.2, 0) is 9.59 Å². The van der Waals surface area contributed by atoms with Crippen molar-refractivity contribution < 1.29 is 14.3 Å². The Morgan fingerprint density at radius 2 is 2.14 bits per heavy atom. The van der Waals surface area contributed by atoms with Gasteiger partial charge in [0.1, 0.15) is 5.75 Å². The zero-order valence-corrected chi connectivity index (χ0v) is 11.9. The van der Waals surface area contributed by atoms with Gasteiger partial charge in [0.05, 0.1) is 18.2 Å². The van der Waals surface area contributed by atoms with Gasteiger partial charge in [-0.25, -0.2) is 0 Å². The van der Waals surface area contributed by atoms with Gasteiger partial charge in [-0.15, -0.1) is 0 Å². The first kappa shape index (κ1) is 13.9. The Labute approximate surface area is 123 Å². The van der Waals surface area contributed by atoms with E-state index < -0.39 is 12.0 Å². The van der Waals surface area contributed by atoms with E-state index in [4.69, 9.17) is 10.5 Å². The predicted octanol–water partition coefficient (Wildman–Crippen LogP) is 0.264. The fraction of sp³-hybridized carbons (Fsp3) is 0.467. The van der Waals surface area contributed by atoms with Crippen molar-refractivity contribution in [1.29, 1.82) is 0 Å². The van der Waals surface area contributed by atoms with E-state index in [-0.39, 0.29) is 24.4 Å². The second kappa shape index (κ2) is 5.37. The zero-order chi connectivity index (χ0) is 15.0. The fourth-order valence-electron chi connectivity index (χ4n) is 2.99. The highest BCUT2D eigenvalue weighted by molar-refractivity contribution is 5.98. The molecule has 3 rings (SSSR count). The number of ether oxygens (including phenoxy) is 1. The van der Waals surface area contributed by atoms with Gasteiger partial charge in [-0.3, -0.25) is 9.59 Å². The lowest BCUT2D eigenvalue weighted by atomic mass is 9.99. The molecule has 3 atom stereocenters. The first-order chi connectivity index (χ1) is 10.1. The van der Waals surface area contributed by atoms with Crippen molar-refractivity contribution in [2.45, 2.75) is 25.5 Å². The van der Waals surface area contributed by atoms with Gasteiger partial charge in [0.25, 0.3) is 5.91 Å². The van der Waals surface area contributed by atoms with Crippen LogP contribution in [0.2, 0.25) is 0 Å². The third-order valence-electron chi connectivity index (χ3n) is 4.20. The Hall–Kier alpha value is -2.08. The standard InChI is InChI=1S/C15H19N3O3/c1-9-10(6-7-17-9)15(20)18-8-13(14(16)19)21-12-5-3-2-4-11(12)18/h2-5,9-10,13,17H,6-8H2,1H3,(H2,16,19). The first-order valence-corrected chi connectivity index (χ1v) is 7.17. The van der Waals surface area contributed by atoms with Crippen molar-refractivity contribution in [3.05, 3.63) is 24.3 Å². The van der Waals surface area contributed by atoms with Crippen LogP contribution in [0.1, 0.15) is 13.3 Å². The van der Waals surface area contributed by atoms with Gasteiger partial charge in [0.15, 0.2) is 6.10 Å². The summed E-state index contributed by atoms with van der Waals surface area (Å²) in [6.45, 7) is 3.02. The molecular formula is C15H19N3O3. The van der Waals surface area contributed by atoms with Crippen LogP contribution in [0.15, 0.2) is 24.3 Å². The van der Waals surface area contributed by atoms with Crippen LogP contribution >= 0.6 is 0 Å². The summed E-state index contributed by atoms with van der Waals surface area (Å²) in [6.07, 6.45) is 0.00864. The molecule has 2 amide bonds. The quantitative estimate of drug-likeness (QED) is 0.818. The summed E-state index contributed by atoms with van der Waals surface area (Å²) in [7, 11) is 0. The van der Waals surface area contributed by atoms with Gasteiger partial charge in [-0.2, -0.15) is 0 Å². The van der Waals surface area contributed by atoms with Gasteiger partial charge >= 0.3 is 0 Å². The minimum atomic E-state index is -0.798. The van der Waals surface area contributed by atoms with Crippen LogP contribution in [0.25, 0.3) is 0 Å². The summed E-state index contributed by atoms with van der Waals surface area (Å²) in [5.41, 5.74) is 6.06. The number of para-hydroxylation sites is 2. The third-order valence-corrected chi connectivity index (χ3v) is 4.20. The molecule has 0 saturated carbocycles. The molecule has 0 radical (unpaired) electrons. The van der Waals surface area contributed by atoms with E-state index in [2.05, 4.69) is 5.32 Å². The number of hydrogen-bond donors (Lipinski definition) is 2. The number of hydrogen-bond acceptors (Lipinski definition) is 4. The second-order valence-corrected chi connectivity index (χ2v) is 5.56. The minimum absolute atomic E-state index is 0.0227. The average Bonchev–Trinajstić information content (AvgIpc) is 2.91. The largest absolute Gasteiger partial charge is 0.477 e. The molecular weight excluding hydrogens is 270 g/mol. The number of rotatable bonds is 2. The maximum Gasteiger partial charge on any atom is 0.260 e. The van der Waals surface area contributed by atoms with Gasteiger partial charge in [-0.1, -0.05) is 12.1 Å². The van der Waals surface area contributed by atoms with Crippen LogP contribution in [0.5, 0.6) is 5.75 Å². The normalized spacial score (nSPS) is 27.9. The highest BCUT2D eigenvalue weighted by Crippen LogP contribution is 2.35. The molecule has 0 spiro atoms. The zero-order valence-electron chi connectivity index (χ0n) is 11.9. The van der Waals surface area contributed by atoms with E-state index >= 15 is 0 Å². The Morgan fingerprint density at radius 3 is 2.81 bits per heavy atom. The molecule has 1 saturated heterocycles. The highest BCUT2D eigenvalue weighted by atomic mass is 16.5. The number of carbonyl (C=O) groups is 2. The van der Waals surface area contributed by atoms with E-state index in [1.807, 2.05) is 25.1 Å². The molecule has 3 unspecified atom stereocenters. The molecule has 6 heteroatoms. The maximum atomic E-state index is 12.8. The number of fused-ring (bicyclic) bond motifs is 1. The van der Waals surface area contributed by atoms with Crippen LogP contribution < -0.4 is 20.7 Å². The number of amides is 2. The number of primary amides is 1. The summed E-state index contributed by atoms with van der Waals surface area (Å²) < 4.78 is 5.58. The number of nitrogens with two attached hydrogens (primary N) is 1. The fourth-order valence-corrected chi connectivity index (χ4v) is 2.99. The number of nitrogens with one attached hydrogen (secondary N) is 1. The summed E-state index contributed by atoms with van der Waals surface area (Å²) >= 11 is 0. The molecule has 2 aliphatic rings. The van der Waals surface area contributed by atoms with Crippen molar-refractivity contribution in [3.63, 3.8) is 0 Å². The molecule has 2 heterocycles. The molecule has 2 aliphatic heterocycles. The van der Waals surface area contributed by atoms with E-state index in [1.165, 1.54) is 0 Å². The number of nitrogens with zero attached hydrogens (tertiary/aromatic N) is 1. The summed E-state index contributed by atoms with van der Waals surface area (Å²) in [6, 6.07) is 7.38. The van der Waals surface area contributed by atoms with Crippen LogP contribution in [0.4, 0.5) is 5.69 Å². The minimum Gasteiger partial charge on any atom is -0.477 e. The molecule has 6 nitrogen and oxygen atoms in total. The van der Waals surface area contributed by atoms with E-state index in [0.29, 0.717) is 11.4 Å². The molecule has 1 aromatic carbocycles. The average molecular weight is 289 g/mol. The smallest absolute Gasteiger partial charge is 0.260 e. The summed E-state index contributed by atoms with van der Waals surface area (Å²) in [5.74, 6) is -0.0846. The predicted molar refractivity (Wildman–Crippen MR) is 78.0 cm³/mol. The number of carbonyl (C=O) groups excluding carboxylic acids is 2. The molecule has 0 aliphatic carbocycles. The Bertz CT molecular complexity index is 575. The first-order valence-electron chi connectivity index (χ1n) is 7.17. The molecule has 21 heavy (non-hydrogen) atoms. The Balaban J connectivity index is 1.92. The van der Waals surface area contributed by atoms with Crippen LogP contribution in [0.3, 0.4) is 0 Å². The molecule has 1 aromatic rings. The lowest BCUT2D eigenvalue weighted by Gasteiger charge is -2.35. The third kappa shape index (κ3) is 2.47. The Kier molecular flexibility index (Phi) is 3.55. The lowest BCUT2D eigenvalue weighted by molar-refractivity contribution is -0.126. The second-order valence-electron chi connectivity index (χ2n) is 5.56. The van der Waals surface area contributed by atoms with Crippen molar-refractivity contribution in [3.8, 4) is 5.75 Å². The maximum absolute atomic E-state index is 12.8. The van der Waals surface area contributed by atoms with E-state index in [1.54, 1.807) is 11.0 Å². The molecule has 3 N–H and O–H groups in total. The van der Waals surface area contributed by atoms with Crippen LogP contribution in [-0.4, -0.2) is 37.0 Å².